The number of hydrogen-bond donors (Lipinski definition) is 2. The number of amides is 1. The molecule has 2 aromatic rings. The van der Waals surface area contributed by atoms with Crippen molar-refractivity contribution in [2.24, 2.45) is 5.92 Å². The Morgan fingerprint density at radius 3 is 2.91 bits per heavy atom. The van der Waals surface area contributed by atoms with Crippen LogP contribution in [0.3, 0.4) is 0 Å². The first kappa shape index (κ1) is 16.5. The summed E-state index contributed by atoms with van der Waals surface area (Å²) >= 11 is 1.44. The van der Waals surface area contributed by atoms with Gasteiger partial charge in [0.15, 0.2) is 0 Å². The van der Waals surface area contributed by atoms with Gasteiger partial charge >= 0.3 is 0 Å². The molecule has 0 fully saturated rings. The SMILES string of the molecule is CC(C)C(CO)ONC(=O)Cc1csc(-c2ccccn2)n1. The first-order valence-electron chi connectivity index (χ1n) is 7.01. The molecule has 0 spiro atoms. The van der Waals surface area contributed by atoms with E-state index in [4.69, 9.17) is 9.94 Å². The van der Waals surface area contributed by atoms with Gasteiger partial charge in [0.2, 0.25) is 5.91 Å². The zero-order chi connectivity index (χ0) is 15.9. The quantitative estimate of drug-likeness (QED) is 0.760. The number of carbonyl (C=O) groups excluding carboxylic acids is 1. The zero-order valence-electron chi connectivity index (χ0n) is 12.5. The highest BCUT2D eigenvalue weighted by Crippen LogP contribution is 2.21. The van der Waals surface area contributed by atoms with Gasteiger partial charge in [-0.1, -0.05) is 19.9 Å². The first-order chi connectivity index (χ1) is 10.6. The van der Waals surface area contributed by atoms with E-state index in [1.807, 2.05) is 37.4 Å². The molecule has 2 rings (SSSR count). The van der Waals surface area contributed by atoms with E-state index in [0.29, 0.717) is 5.69 Å². The minimum atomic E-state index is -0.413. The summed E-state index contributed by atoms with van der Waals surface area (Å²) in [5.41, 5.74) is 3.81. The zero-order valence-corrected chi connectivity index (χ0v) is 13.3. The number of hydrogen-bond acceptors (Lipinski definition) is 6. The maximum atomic E-state index is 11.8. The number of rotatable bonds is 7. The summed E-state index contributed by atoms with van der Waals surface area (Å²) in [7, 11) is 0. The molecule has 1 amide bonds. The highest BCUT2D eigenvalue weighted by Gasteiger charge is 2.15. The second-order valence-electron chi connectivity index (χ2n) is 5.14. The van der Waals surface area contributed by atoms with Crippen LogP contribution in [0.5, 0.6) is 0 Å². The van der Waals surface area contributed by atoms with Crippen LogP contribution in [0.2, 0.25) is 0 Å². The summed E-state index contributed by atoms with van der Waals surface area (Å²) in [6.07, 6.45) is 1.42. The summed E-state index contributed by atoms with van der Waals surface area (Å²) in [4.78, 5) is 25.6. The van der Waals surface area contributed by atoms with Gasteiger partial charge in [0.05, 0.1) is 24.4 Å². The van der Waals surface area contributed by atoms with E-state index < -0.39 is 6.10 Å². The van der Waals surface area contributed by atoms with Gasteiger partial charge in [0, 0.05) is 11.6 Å². The Bertz CT molecular complexity index is 601. The summed E-state index contributed by atoms with van der Waals surface area (Å²) < 4.78 is 0. The molecule has 2 N–H and O–H groups in total. The van der Waals surface area contributed by atoms with Crippen LogP contribution in [-0.2, 0) is 16.1 Å². The van der Waals surface area contributed by atoms with E-state index in [9.17, 15) is 4.79 Å². The molecular weight excluding hydrogens is 302 g/mol. The number of pyridine rings is 1. The molecule has 0 saturated heterocycles. The minimum Gasteiger partial charge on any atom is -0.394 e. The Morgan fingerprint density at radius 1 is 1.45 bits per heavy atom. The third kappa shape index (κ3) is 4.59. The fourth-order valence-electron chi connectivity index (χ4n) is 1.72. The number of nitrogens with one attached hydrogen (secondary N) is 1. The Kier molecular flexibility index (Phi) is 6.00. The molecule has 0 radical (unpaired) electrons. The summed E-state index contributed by atoms with van der Waals surface area (Å²) in [5, 5.41) is 11.7. The second-order valence-corrected chi connectivity index (χ2v) is 6.00. The van der Waals surface area contributed by atoms with Crippen LogP contribution in [0.4, 0.5) is 0 Å². The smallest absolute Gasteiger partial charge is 0.249 e. The van der Waals surface area contributed by atoms with Crippen molar-refractivity contribution < 1.29 is 14.7 Å². The lowest BCUT2D eigenvalue weighted by molar-refractivity contribution is -0.143. The summed E-state index contributed by atoms with van der Waals surface area (Å²) in [5.74, 6) is -0.183. The molecule has 1 unspecified atom stereocenters. The number of aliphatic hydroxyl groups is 1. The Hall–Kier alpha value is -1.83. The highest BCUT2D eigenvalue weighted by atomic mass is 32.1. The molecule has 118 valence electrons. The van der Waals surface area contributed by atoms with Crippen molar-refractivity contribution in [2.75, 3.05) is 6.61 Å². The van der Waals surface area contributed by atoms with Crippen molar-refractivity contribution in [2.45, 2.75) is 26.4 Å². The topological polar surface area (TPSA) is 84.3 Å². The van der Waals surface area contributed by atoms with Crippen LogP contribution in [0.15, 0.2) is 29.8 Å². The van der Waals surface area contributed by atoms with E-state index >= 15 is 0 Å². The van der Waals surface area contributed by atoms with Gasteiger partial charge in [-0.05, 0) is 18.1 Å². The molecule has 1 atom stereocenters. The number of nitrogens with zero attached hydrogens (tertiary/aromatic N) is 2. The number of thiazole rings is 1. The molecule has 7 heteroatoms. The average Bonchev–Trinajstić information content (AvgIpc) is 2.97. The van der Waals surface area contributed by atoms with Crippen LogP contribution in [-0.4, -0.2) is 33.7 Å². The molecule has 6 nitrogen and oxygen atoms in total. The largest absolute Gasteiger partial charge is 0.394 e. The summed E-state index contributed by atoms with van der Waals surface area (Å²) in [6.45, 7) is 3.68. The monoisotopic (exact) mass is 321 g/mol. The van der Waals surface area contributed by atoms with E-state index in [1.54, 1.807) is 6.20 Å². The van der Waals surface area contributed by atoms with Crippen LogP contribution >= 0.6 is 11.3 Å². The molecule has 2 aromatic heterocycles. The lowest BCUT2D eigenvalue weighted by Crippen LogP contribution is -2.35. The van der Waals surface area contributed by atoms with Gasteiger partial charge in [-0.15, -0.1) is 11.3 Å². The molecule has 0 bridgehead atoms. The maximum Gasteiger partial charge on any atom is 0.249 e. The lowest BCUT2D eigenvalue weighted by Gasteiger charge is -2.18. The lowest BCUT2D eigenvalue weighted by atomic mass is 10.1. The first-order valence-corrected chi connectivity index (χ1v) is 7.89. The Morgan fingerprint density at radius 2 is 2.27 bits per heavy atom. The van der Waals surface area contributed by atoms with Crippen molar-refractivity contribution in [1.82, 2.24) is 15.4 Å². The standard InChI is InChI=1S/C15H19N3O3S/c1-10(2)13(8-19)21-18-14(20)7-11-9-22-15(17-11)12-5-3-4-6-16-12/h3-6,9-10,13,19H,7-8H2,1-2H3,(H,18,20). The molecule has 0 aliphatic carbocycles. The average molecular weight is 321 g/mol. The number of hydroxylamine groups is 1. The van der Waals surface area contributed by atoms with Gasteiger partial charge in [-0.3, -0.25) is 14.6 Å². The molecule has 0 aromatic carbocycles. The maximum absolute atomic E-state index is 11.8. The van der Waals surface area contributed by atoms with Gasteiger partial charge in [0.1, 0.15) is 11.1 Å². The third-order valence-corrected chi connectivity index (χ3v) is 3.94. The molecular formula is C15H19N3O3S. The number of aromatic nitrogens is 2. The predicted octanol–water partition coefficient (Wildman–Crippen LogP) is 1.81. The van der Waals surface area contributed by atoms with Crippen molar-refractivity contribution in [3.8, 4) is 10.7 Å². The van der Waals surface area contributed by atoms with Crippen LogP contribution in [0.1, 0.15) is 19.5 Å². The minimum absolute atomic E-state index is 0.111. The normalized spacial score (nSPS) is 12.4. The molecule has 22 heavy (non-hydrogen) atoms. The van der Waals surface area contributed by atoms with Crippen molar-refractivity contribution >= 4 is 17.2 Å². The highest BCUT2D eigenvalue weighted by molar-refractivity contribution is 7.13. The van der Waals surface area contributed by atoms with Crippen LogP contribution in [0.25, 0.3) is 10.7 Å². The van der Waals surface area contributed by atoms with Gasteiger partial charge in [0.25, 0.3) is 0 Å². The second kappa shape index (κ2) is 7.98. The fraction of sp³-hybridized carbons (Fsp3) is 0.400. The van der Waals surface area contributed by atoms with Crippen LogP contribution < -0.4 is 5.48 Å². The molecule has 0 saturated carbocycles. The van der Waals surface area contributed by atoms with Crippen LogP contribution in [0, 0.1) is 5.92 Å². The summed E-state index contributed by atoms with van der Waals surface area (Å²) in [6, 6.07) is 5.61. The van der Waals surface area contributed by atoms with E-state index in [-0.39, 0.29) is 24.9 Å². The van der Waals surface area contributed by atoms with Crippen molar-refractivity contribution in [3.05, 3.63) is 35.5 Å². The Balaban J connectivity index is 1.89. The van der Waals surface area contributed by atoms with Gasteiger partial charge in [-0.2, -0.15) is 0 Å². The molecule has 0 aliphatic heterocycles. The van der Waals surface area contributed by atoms with Crippen molar-refractivity contribution in [1.29, 1.82) is 0 Å². The van der Waals surface area contributed by atoms with Gasteiger partial charge < -0.3 is 5.11 Å². The number of carbonyl (C=O) groups is 1. The molecule has 2 heterocycles. The van der Waals surface area contributed by atoms with E-state index in [0.717, 1.165) is 10.7 Å². The van der Waals surface area contributed by atoms with Gasteiger partial charge in [-0.25, -0.2) is 10.5 Å². The predicted molar refractivity (Wildman–Crippen MR) is 84.0 cm³/mol. The number of aliphatic hydroxyl groups excluding tert-OH is 1. The Labute approximate surface area is 133 Å². The molecule has 0 aliphatic rings. The van der Waals surface area contributed by atoms with E-state index in [2.05, 4.69) is 15.4 Å². The van der Waals surface area contributed by atoms with Crippen molar-refractivity contribution in [3.63, 3.8) is 0 Å². The third-order valence-electron chi connectivity index (χ3n) is 3.03. The van der Waals surface area contributed by atoms with E-state index in [1.165, 1.54) is 11.3 Å². The fourth-order valence-corrected chi connectivity index (χ4v) is 2.52.